The fraction of sp³-hybridized carbons (Fsp3) is 0.194. The van der Waals surface area contributed by atoms with Crippen molar-refractivity contribution in [2.45, 2.75) is 25.8 Å². The quantitative estimate of drug-likeness (QED) is 0.197. The molecule has 1 amide bonds. The van der Waals surface area contributed by atoms with Crippen LogP contribution in [0.1, 0.15) is 40.7 Å². The number of carboxylic acid groups (broad SMARTS) is 1. The Hall–Kier alpha value is -4.43. The van der Waals surface area contributed by atoms with Crippen LogP contribution in [0.25, 0.3) is 22.4 Å². The highest BCUT2D eigenvalue weighted by Crippen LogP contribution is 2.33. The molecule has 0 saturated carbocycles. The summed E-state index contributed by atoms with van der Waals surface area (Å²) in [5.74, 6) is -0.217. The van der Waals surface area contributed by atoms with Gasteiger partial charge >= 0.3 is 5.97 Å². The molecule has 0 fully saturated rings. The third kappa shape index (κ3) is 6.53. The van der Waals surface area contributed by atoms with Gasteiger partial charge in [-0.1, -0.05) is 67.6 Å². The van der Waals surface area contributed by atoms with Crippen molar-refractivity contribution in [2.24, 2.45) is 0 Å². The number of hydrogen-bond donors (Lipinski definition) is 2. The van der Waals surface area contributed by atoms with Crippen molar-refractivity contribution in [1.29, 1.82) is 0 Å². The topological polar surface area (TPSA) is 95.7 Å². The monoisotopic (exact) mass is 539 g/mol. The number of thiazole rings is 1. The lowest BCUT2D eigenvalue weighted by molar-refractivity contribution is -0.136. The normalized spacial score (nSPS) is 11.8. The summed E-state index contributed by atoms with van der Waals surface area (Å²) in [6, 6.07) is 27.8. The number of carboxylic acids is 1. The molecule has 5 rings (SSSR count). The van der Waals surface area contributed by atoms with Crippen molar-refractivity contribution < 1.29 is 19.1 Å². The first-order valence-electron chi connectivity index (χ1n) is 12.8. The molecular formula is C31H29N3O4S. The van der Waals surface area contributed by atoms with Crippen LogP contribution >= 0.6 is 11.3 Å². The maximum atomic E-state index is 12.4. The molecule has 2 aromatic heterocycles. The number of furan rings is 1. The SMILES string of the molecule is CC(CN(Cc1ccc(C(=O)NCCC(=O)O)cc1)c1nc(-c2cc3ccccc3o2)cs1)c1ccccc1. The molecule has 5 aromatic rings. The molecule has 198 valence electrons. The lowest BCUT2D eigenvalue weighted by Gasteiger charge is -2.26. The molecule has 2 heterocycles. The maximum absolute atomic E-state index is 12.4. The third-order valence-corrected chi connectivity index (χ3v) is 7.42. The van der Waals surface area contributed by atoms with Gasteiger partial charge in [0.05, 0.1) is 6.42 Å². The second-order valence-electron chi connectivity index (χ2n) is 9.45. The Morgan fingerprint density at radius 2 is 1.77 bits per heavy atom. The number of rotatable bonds is 11. The van der Waals surface area contributed by atoms with E-state index in [1.807, 2.05) is 53.9 Å². The largest absolute Gasteiger partial charge is 0.481 e. The van der Waals surface area contributed by atoms with Crippen LogP contribution in [0.15, 0.2) is 94.7 Å². The van der Waals surface area contributed by atoms with Gasteiger partial charge in [-0.05, 0) is 41.3 Å². The first-order chi connectivity index (χ1) is 19.0. The van der Waals surface area contributed by atoms with Crippen molar-refractivity contribution in [1.82, 2.24) is 10.3 Å². The van der Waals surface area contributed by atoms with Crippen LogP contribution < -0.4 is 10.2 Å². The minimum Gasteiger partial charge on any atom is -0.481 e. The first kappa shape index (κ1) is 26.2. The summed E-state index contributed by atoms with van der Waals surface area (Å²) in [5, 5.41) is 15.4. The predicted molar refractivity (Wildman–Crippen MR) is 154 cm³/mol. The number of benzene rings is 3. The Labute approximate surface area is 230 Å². The zero-order chi connectivity index (χ0) is 27.2. The Morgan fingerprint density at radius 1 is 1.03 bits per heavy atom. The fourth-order valence-electron chi connectivity index (χ4n) is 4.43. The molecule has 3 aromatic carbocycles. The number of para-hydroxylation sites is 1. The number of aliphatic carboxylic acids is 1. The number of carbonyl (C=O) groups is 2. The average Bonchev–Trinajstić information content (AvgIpc) is 3.61. The highest BCUT2D eigenvalue weighted by atomic mass is 32.1. The molecule has 0 bridgehead atoms. The van der Waals surface area contributed by atoms with Crippen LogP contribution in [0.5, 0.6) is 0 Å². The molecule has 0 aliphatic rings. The van der Waals surface area contributed by atoms with E-state index in [4.69, 9.17) is 14.5 Å². The average molecular weight is 540 g/mol. The van der Waals surface area contributed by atoms with Crippen molar-refractivity contribution in [3.8, 4) is 11.5 Å². The van der Waals surface area contributed by atoms with E-state index >= 15 is 0 Å². The van der Waals surface area contributed by atoms with Crippen LogP contribution in [0.4, 0.5) is 5.13 Å². The number of nitrogens with one attached hydrogen (secondary N) is 1. The molecule has 0 saturated heterocycles. The standard InChI is InChI=1S/C31H29N3O4S/c1-21(23-7-3-2-4-8-23)18-34(19-22-11-13-24(14-12-22)30(37)32-16-15-29(35)36)31-33-26(20-39-31)28-17-25-9-5-6-10-27(25)38-28/h2-14,17,20-21H,15-16,18-19H2,1H3,(H,32,37)(H,35,36). The van der Waals surface area contributed by atoms with E-state index in [2.05, 4.69) is 41.4 Å². The smallest absolute Gasteiger partial charge is 0.305 e. The van der Waals surface area contributed by atoms with E-state index in [-0.39, 0.29) is 24.8 Å². The molecule has 0 spiro atoms. The highest BCUT2D eigenvalue weighted by Gasteiger charge is 2.19. The molecule has 1 unspecified atom stereocenters. The second kappa shape index (κ2) is 12.0. The molecule has 39 heavy (non-hydrogen) atoms. The Balaban J connectivity index is 1.36. The van der Waals surface area contributed by atoms with Crippen LogP contribution in [0.3, 0.4) is 0 Å². The minimum atomic E-state index is -0.943. The van der Waals surface area contributed by atoms with Gasteiger partial charge in [-0.2, -0.15) is 0 Å². The number of aromatic nitrogens is 1. The second-order valence-corrected chi connectivity index (χ2v) is 10.3. The molecule has 7 nitrogen and oxygen atoms in total. The molecule has 1 atom stereocenters. The van der Waals surface area contributed by atoms with Gasteiger partial charge in [-0.25, -0.2) is 4.98 Å². The van der Waals surface area contributed by atoms with E-state index in [0.29, 0.717) is 12.1 Å². The van der Waals surface area contributed by atoms with Crippen LogP contribution in [-0.4, -0.2) is 35.1 Å². The lowest BCUT2D eigenvalue weighted by Crippen LogP contribution is -2.27. The summed E-state index contributed by atoms with van der Waals surface area (Å²) in [5.41, 5.74) is 4.43. The van der Waals surface area contributed by atoms with Gasteiger partial charge in [-0.3, -0.25) is 9.59 Å². The Morgan fingerprint density at radius 3 is 2.51 bits per heavy atom. The summed E-state index contributed by atoms with van der Waals surface area (Å²) in [6.45, 7) is 3.68. The molecule has 0 aliphatic carbocycles. The number of amides is 1. The molecule has 0 radical (unpaired) electrons. The summed E-state index contributed by atoms with van der Waals surface area (Å²) in [6.07, 6.45) is -0.109. The van der Waals surface area contributed by atoms with Gasteiger partial charge in [0, 0.05) is 36.0 Å². The summed E-state index contributed by atoms with van der Waals surface area (Å²) >= 11 is 1.58. The number of carbonyl (C=O) groups excluding carboxylic acids is 1. The fourth-order valence-corrected chi connectivity index (χ4v) is 5.25. The molecular weight excluding hydrogens is 510 g/mol. The number of hydrogen-bond acceptors (Lipinski definition) is 6. The van der Waals surface area contributed by atoms with Crippen LogP contribution in [0, 0.1) is 0 Å². The van der Waals surface area contributed by atoms with Gasteiger partial charge < -0.3 is 19.7 Å². The van der Waals surface area contributed by atoms with Crippen molar-refractivity contribution in [2.75, 3.05) is 18.0 Å². The number of fused-ring (bicyclic) bond motifs is 1. The number of nitrogens with zero attached hydrogens (tertiary/aromatic N) is 2. The molecule has 8 heteroatoms. The number of anilines is 1. The van der Waals surface area contributed by atoms with Gasteiger partial charge in [0.25, 0.3) is 5.91 Å². The molecule has 2 N–H and O–H groups in total. The van der Waals surface area contributed by atoms with Gasteiger partial charge in [0.1, 0.15) is 11.3 Å². The van der Waals surface area contributed by atoms with Gasteiger partial charge in [0.2, 0.25) is 0 Å². The van der Waals surface area contributed by atoms with E-state index in [1.54, 1.807) is 23.5 Å². The predicted octanol–water partition coefficient (Wildman–Crippen LogP) is 6.57. The summed E-state index contributed by atoms with van der Waals surface area (Å²) in [4.78, 5) is 30.3. The Bertz CT molecular complexity index is 1530. The first-order valence-corrected chi connectivity index (χ1v) is 13.7. The zero-order valence-corrected chi connectivity index (χ0v) is 22.4. The summed E-state index contributed by atoms with van der Waals surface area (Å²) < 4.78 is 6.05. The van der Waals surface area contributed by atoms with E-state index in [0.717, 1.165) is 39.7 Å². The third-order valence-electron chi connectivity index (χ3n) is 6.52. The maximum Gasteiger partial charge on any atom is 0.305 e. The van der Waals surface area contributed by atoms with E-state index < -0.39 is 5.97 Å². The van der Waals surface area contributed by atoms with Crippen LogP contribution in [0.2, 0.25) is 0 Å². The summed E-state index contributed by atoms with van der Waals surface area (Å²) in [7, 11) is 0. The lowest BCUT2D eigenvalue weighted by atomic mass is 10.0. The molecule has 0 aliphatic heterocycles. The van der Waals surface area contributed by atoms with Crippen LogP contribution in [-0.2, 0) is 11.3 Å². The van der Waals surface area contributed by atoms with Crippen molar-refractivity contribution >= 4 is 39.3 Å². The Kier molecular flexibility index (Phi) is 8.03. The van der Waals surface area contributed by atoms with Gasteiger partial charge in [-0.15, -0.1) is 11.3 Å². The highest BCUT2D eigenvalue weighted by molar-refractivity contribution is 7.14. The van der Waals surface area contributed by atoms with Crippen molar-refractivity contribution in [3.05, 3.63) is 107 Å². The van der Waals surface area contributed by atoms with Crippen molar-refractivity contribution in [3.63, 3.8) is 0 Å². The van der Waals surface area contributed by atoms with E-state index in [9.17, 15) is 9.59 Å². The zero-order valence-electron chi connectivity index (χ0n) is 21.5. The minimum absolute atomic E-state index is 0.0959. The van der Waals surface area contributed by atoms with Gasteiger partial charge in [0.15, 0.2) is 10.9 Å². The van der Waals surface area contributed by atoms with E-state index in [1.165, 1.54) is 5.56 Å².